The lowest BCUT2D eigenvalue weighted by Gasteiger charge is -2.11. The molecule has 2 aromatic rings. The van der Waals surface area contributed by atoms with E-state index in [4.69, 9.17) is 16.3 Å². The van der Waals surface area contributed by atoms with Crippen LogP contribution in [0.25, 0.3) is 11.3 Å². The molecule has 1 aromatic carbocycles. The Morgan fingerprint density at radius 1 is 1.33 bits per heavy atom. The molecule has 0 aliphatic heterocycles. The van der Waals surface area contributed by atoms with E-state index in [1.54, 1.807) is 16.8 Å². The molecule has 1 aromatic heterocycles. The number of aromatic nitrogens is 3. The third-order valence-electron chi connectivity index (χ3n) is 2.99. The average molecular weight is 309 g/mol. The second-order valence-corrected chi connectivity index (χ2v) is 5.25. The highest BCUT2D eigenvalue weighted by atomic mass is 35.5. The second-order valence-electron chi connectivity index (χ2n) is 4.81. The third kappa shape index (κ3) is 3.59. The summed E-state index contributed by atoms with van der Waals surface area (Å²) in [6.07, 6.45) is 0. The Kier molecular flexibility index (Phi) is 4.93. The van der Waals surface area contributed by atoms with Crippen molar-refractivity contribution < 1.29 is 9.53 Å². The van der Waals surface area contributed by atoms with Gasteiger partial charge in [-0.25, -0.2) is 9.48 Å². The lowest BCUT2D eigenvalue weighted by molar-refractivity contribution is 0.0595. The van der Waals surface area contributed by atoms with E-state index < -0.39 is 5.97 Å². The molecular formula is C14H17ClN4O2. The van der Waals surface area contributed by atoms with Gasteiger partial charge < -0.3 is 9.64 Å². The first-order valence-electron chi connectivity index (χ1n) is 6.45. The number of esters is 1. The number of methoxy groups -OCH3 is 1. The van der Waals surface area contributed by atoms with Gasteiger partial charge in [-0.2, -0.15) is 0 Å². The molecule has 1 heterocycles. The highest BCUT2D eigenvalue weighted by Crippen LogP contribution is 2.24. The van der Waals surface area contributed by atoms with Gasteiger partial charge in [-0.3, -0.25) is 0 Å². The molecule has 0 aliphatic carbocycles. The molecule has 0 aliphatic rings. The van der Waals surface area contributed by atoms with Crippen molar-refractivity contribution in [2.24, 2.45) is 0 Å². The van der Waals surface area contributed by atoms with Gasteiger partial charge in [0, 0.05) is 17.1 Å². The predicted octanol–water partition coefficient (Wildman–Crippen LogP) is 1.95. The normalized spacial score (nSPS) is 10.9. The highest BCUT2D eigenvalue weighted by Gasteiger charge is 2.21. The van der Waals surface area contributed by atoms with E-state index in [-0.39, 0.29) is 5.69 Å². The molecule has 0 saturated carbocycles. The molecule has 0 spiro atoms. The Balaban J connectivity index is 2.45. The Morgan fingerprint density at radius 2 is 2.00 bits per heavy atom. The van der Waals surface area contributed by atoms with Gasteiger partial charge in [0.15, 0.2) is 5.69 Å². The van der Waals surface area contributed by atoms with Crippen LogP contribution in [0.15, 0.2) is 24.3 Å². The Bertz CT molecular complexity index is 622. The van der Waals surface area contributed by atoms with Gasteiger partial charge in [0.05, 0.1) is 13.7 Å². The summed E-state index contributed by atoms with van der Waals surface area (Å²) in [4.78, 5) is 13.9. The van der Waals surface area contributed by atoms with Crippen LogP contribution in [0.4, 0.5) is 0 Å². The number of hydrogen-bond donors (Lipinski definition) is 0. The van der Waals surface area contributed by atoms with E-state index in [0.29, 0.717) is 17.3 Å². The smallest absolute Gasteiger partial charge is 0.360 e. The Morgan fingerprint density at radius 3 is 2.57 bits per heavy atom. The highest BCUT2D eigenvalue weighted by molar-refractivity contribution is 6.30. The lowest BCUT2D eigenvalue weighted by Crippen LogP contribution is -2.19. The summed E-state index contributed by atoms with van der Waals surface area (Å²) in [5.41, 5.74) is 1.67. The number of halogens is 1. The molecule has 21 heavy (non-hydrogen) atoms. The minimum Gasteiger partial charge on any atom is -0.464 e. The molecule has 0 amide bonds. The zero-order valence-electron chi connectivity index (χ0n) is 12.2. The van der Waals surface area contributed by atoms with Crippen molar-refractivity contribution in [2.75, 3.05) is 27.7 Å². The first-order chi connectivity index (χ1) is 10.0. The van der Waals surface area contributed by atoms with Crippen LogP contribution in [0.1, 0.15) is 10.5 Å². The van der Waals surface area contributed by atoms with E-state index in [1.165, 1.54) is 7.11 Å². The van der Waals surface area contributed by atoms with E-state index in [2.05, 4.69) is 10.3 Å². The number of hydrogen-bond acceptors (Lipinski definition) is 5. The fourth-order valence-electron chi connectivity index (χ4n) is 1.89. The van der Waals surface area contributed by atoms with Crippen molar-refractivity contribution in [1.82, 2.24) is 19.9 Å². The number of ether oxygens (including phenoxy) is 1. The van der Waals surface area contributed by atoms with Gasteiger partial charge in [-0.15, -0.1) is 5.10 Å². The summed E-state index contributed by atoms with van der Waals surface area (Å²) in [6.45, 7) is 1.40. The van der Waals surface area contributed by atoms with Gasteiger partial charge in [0.1, 0.15) is 5.69 Å². The molecule has 0 bridgehead atoms. The van der Waals surface area contributed by atoms with Crippen LogP contribution in [-0.2, 0) is 11.3 Å². The zero-order chi connectivity index (χ0) is 15.4. The van der Waals surface area contributed by atoms with Crippen LogP contribution < -0.4 is 0 Å². The SMILES string of the molecule is COC(=O)c1nnn(CCN(C)C)c1-c1ccc(Cl)cc1. The molecule has 112 valence electrons. The summed E-state index contributed by atoms with van der Waals surface area (Å²) in [5, 5.41) is 8.64. The quantitative estimate of drug-likeness (QED) is 0.790. The summed E-state index contributed by atoms with van der Waals surface area (Å²) in [6, 6.07) is 7.20. The molecule has 0 N–H and O–H groups in total. The standard InChI is InChI=1S/C14H17ClN4O2/c1-18(2)8-9-19-13(10-4-6-11(15)7-5-10)12(16-17-19)14(20)21-3/h4-7H,8-9H2,1-3H3. The number of carbonyl (C=O) groups excluding carboxylic acids is 1. The van der Waals surface area contributed by atoms with Crippen LogP contribution in [0, 0.1) is 0 Å². The molecule has 0 unspecified atom stereocenters. The van der Waals surface area contributed by atoms with Crippen molar-refractivity contribution in [2.45, 2.75) is 6.54 Å². The van der Waals surface area contributed by atoms with Crippen LogP contribution in [-0.4, -0.2) is 53.6 Å². The number of carbonyl (C=O) groups is 1. The maximum atomic E-state index is 11.9. The fourth-order valence-corrected chi connectivity index (χ4v) is 2.02. The van der Waals surface area contributed by atoms with E-state index in [0.717, 1.165) is 12.1 Å². The number of benzene rings is 1. The number of likely N-dealkylation sites (N-methyl/N-ethyl adjacent to an activating group) is 1. The number of nitrogens with zero attached hydrogens (tertiary/aromatic N) is 4. The molecule has 0 fully saturated rings. The summed E-state index contributed by atoms with van der Waals surface area (Å²) < 4.78 is 6.47. The first-order valence-corrected chi connectivity index (χ1v) is 6.83. The summed E-state index contributed by atoms with van der Waals surface area (Å²) >= 11 is 5.91. The third-order valence-corrected chi connectivity index (χ3v) is 3.24. The van der Waals surface area contributed by atoms with Crippen LogP contribution in [0.2, 0.25) is 5.02 Å². The molecule has 0 radical (unpaired) electrons. The molecule has 2 rings (SSSR count). The molecular weight excluding hydrogens is 292 g/mol. The topological polar surface area (TPSA) is 60.2 Å². The van der Waals surface area contributed by atoms with E-state index in [9.17, 15) is 4.79 Å². The first kappa shape index (κ1) is 15.5. The van der Waals surface area contributed by atoms with Gasteiger partial charge in [-0.05, 0) is 26.2 Å². The molecule has 7 heteroatoms. The van der Waals surface area contributed by atoms with Crippen molar-refractivity contribution in [1.29, 1.82) is 0 Å². The summed E-state index contributed by atoms with van der Waals surface area (Å²) in [5.74, 6) is -0.504. The maximum absolute atomic E-state index is 11.9. The maximum Gasteiger partial charge on any atom is 0.360 e. The Labute approximate surface area is 128 Å². The fraction of sp³-hybridized carbons (Fsp3) is 0.357. The van der Waals surface area contributed by atoms with Crippen molar-refractivity contribution >= 4 is 17.6 Å². The number of rotatable bonds is 5. The minimum absolute atomic E-state index is 0.207. The second kappa shape index (κ2) is 6.69. The zero-order valence-corrected chi connectivity index (χ0v) is 13.0. The predicted molar refractivity (Wildman–Crippen MR) is 80.4 cm³/mol. The van der Waals surface area contributed by atoms with Gasteiger partial charge >= 0.3 is 5.97 Å². The van der Waals surface area contributed by atoms with Gasteiger partial charge in [0.25, 0.3) is 0 Å². The minimum atomic E-state index is -0.504. The van der Waals surface area contributed by atoms with E-state index in [1.807, 2.05) is 31.1 Å². The average Bonchev–Trinajstić information content (AvgIpc) is 2.89. The summed E-state index contributed by atoms with van der Waals surface area (Å²) in [7, 11) is 5.27. The van der Waals surface area contributed by atoms with Crippen molar-refractivity contribution in [3.8, 4) is 11.3 Å². The van der Waals surface area contributed by atoms with E-state index >= 15 is 0 Å². The van der Waals surface area contributed by atoms with Gasteiger partial charge in [0.2, 0.25) is 0 Å². The van der Waals surface area contributed by atoms with Crippen molar-refractivity contribution in [3.05, 3.63) is 35.0 Å². The largest absolute Gasteiger partial charge is 0.464 e. The van der Waals surface area contributed by atoms with Gasteiger partial charge in [-0.1, -0.05) is 28.9 Å². The molecule has 6 nitrogen and oxygen atoms in total. The van der Waals surface area contributed by atoms with Crippen LogP contribution >= 0.6 is 11.6 Å². The lowest BCUT2D eigenvalue weighted by atomic mass is 10.1. The van der Waals surface area contributed by atoms with Crippen molar-refractivity contribution in [3.63, 3.8) is 0 Å². The van der Waals surface area contributed by atoms with Crippen LogP contribution in [0.3, 0.4) is 0 Å². The van der Waals surface area contributed by atoms with Crippen LogP contribution in [0.5, 0.6) is 0 Å². The monoisotopic (exact) mass is 308 g/mol. The molecule has 0 saturated heterocycles. The molecule has 0 atom stereocenters. The Hall–Kier alpha value is -1.92.